The number of nitrogens with one attached hydrogen (secondary N) is 1. The molecule has 1 aromatic rings. The second-order valence-corrected chi connectivity index (χ2v) is 6.56. The fraction of sp³-hybridized carbons (Fsp3) is 0.588. The van der Waals surface area contributed by atoms with Crippen molar-refractivity contribution in [3.05, 3.63) is 35.4 Å². The molecule has 6 heteroatoms. The number of likely N-dealkylation sites (tertiary alicyclic amines) is 1. The number of aliphatic hydroxyl groups excluding tert-OH is 1. The summed E-state index contributed by atoms with van der Waals surface area (Å²) in [5.41, 5.74) is -0.0328. The molecule has 1 amide bonds. The highest BCUT2D eigenvalue weighted by molar-refractivity contribution is 5.79. The monoisotopic (exact) mass is 324 g/mol. The molecular weight excluding hydrogens is 302 g/mol. The second-order valence-electron chi connectivity index (χ2n) is 6.56. The van der Waals surface area contributed by atoms with Gasteiger partial charge in [0.05, 0.1) is 12.0 Å². The van der Waals surface area contributed by atoms with Gasteiger partial charge in [0.15, 0.2) is 0 Å². The van der Waals surface area contributed by atoms with Gasteiger partial charge in [0.2, 0.25) is 5.91 Å². The smallest absolute Gasteiger partial charge is 0.224 e. The molecule has 1 aromatic carbocycles. The normalized spacial score (nSPS) is 23.5. The zero-order valence-electron chi connectivity index (χ0n) is 13.0. The zero-order chi connectivity index (χ0) is 16.4. The summed E-state index contributed by atoms with van der Waals surface area (Å²) in [6.07, 6.45) is 2.70. The first-order valence-corrected chi connectivity index (χ1v) is 8.18. The molecule has 126 valence electrons. The molecule has 4 nitrogen and oxygen atoms in total. The van der Waals surface area contributed by atoms with Crippen LogP contribution in [0, 0.1) is 17.6 Å². The molecule has 2 N–H and O–H groups in total. The van der Waals surface area contributed by atoms with E-state index in [1.165, 1.54) is 0 Å². The molecule has 1 aliphatic carbocycles. The lowest BCUT2D eigenvalue weighted by Gasteiger charge is -2.33. The first kappa shape index (κ1) is 16.3. The Balaban J connectivity index is 1.58. The van der Waals surface area contributed by atoms with Gasteiger partial charge in [-0.2, -0.15) is 0 Å². The Labute approximate surface area is 134 Å². The van der Waals surface area contributed by atoms with E-state index in [-0.39, 0.29) is 23.9 Å². The van der Waals surface area contributed by atoms with Crippen LogP contribution in [0.15, 0.2) is 18.2 Å². The van der Waals surface area contributed by atoms with Gasteiger partial charge in [-0.15, -0.1) is 0 Å². The summed E-state index contributed by atoms with van der Waals surface area (Å²) in [6.45, 7) is 1.50. The Kier molecular flexibility index (Phi) is 4.92. The Hall–Kier alpha value is -1.53. The molecule has 23 heavy (non-hydrogen) atoms. The van der Waals surface area contributed by atoms with E-state index in [4.69, 9.17) is 0 Å². The largest absolute Gasteiger partial charge is 0.387 e. The molecular formula is C17H22F2N2O2. The molecule has 0 radical (unpaired) electrons. The van der Waals surface area contributed by atoms with Gasteiger partial charge in [-0.3, -0.25) is 9.69 Å². The van der Waals surface area contributed by atoms with Crippen LogP contribution in [-0.2, 0) is 4.79 Å². The van der Waals surface area contributed by atoms with Crippen LogP contribution in [-0.4, -0.2) is 41.6 Å². The van der Waals surface area contributed by atoms with Gasteiger partial charge in [0.25, 0.3) is 0 Å². The molecule has 2 fully saturated rings. The van der Waals surface area contributed by atoms with E-state index in [0.717, 1.165) is 50.4 Å². The highest BCUT2D eigenvalue weighted by atomic mass is 19.1. The molecule has 1 heterocycles. The van der Waals surface area contributed by atoms with Crippen LogP contribution in [0.5, 0.6) is 0 Å². The van der Waals surface area contributed by atoms with Crippen molar-refractivity contribution in [2.24, 2.45) is 5.92 Å². The fourth-order valence-electron chi connectivity index (χ4n) is 3.09. The Morgan fingerprint density at radius 3 is 2.87 bits per heavy atom. The van der Waals surface area contributed by atoms with Crippen LogP contribution < -0.4 is 5.32 Å². The summed E-state index contributed by atoms with van der Waals surface area (Å²) in [5.74, 6) is -1.20. The molecule has 1 aliphatic heterocycles. The van der Waals surface area contributed by atoms with Crippen molar-refractivity contribution in [1.29, 1.82) is 0 Å². The van der Waals surface area contributed by atoms with Gasteiger partial charge >= 0.3 is 0 Å². The molecule has 1 saturated heterocycles. The van der Waals surface area contributed by atoms with Gasteiger partial charge in [0, 0.05) is 24.7 Å². The van der Waals surface area contributed by atoms with Gasteiger partial charge in [-0.1, -0.05) is 0 Å². The summed E-state index contributed by atoms with van der Waals surface area (Å²) in [4.78, 5) is 14.1. The third kappa shape index (κ3) is 4.26. The van der Waals surface area contributed by atoms with E-state index in [1.54, 1.807) is 0 Å². The summed E-state index contributed by atoms with van der Waals surface area (Å²) in [5, 5.41) is 13.2. The lowest BCUT2D eigenvalue weighted by Crippen LogP contribution is -2.44. The number of hydrogen-bond acceptors (Lipinski definition) is 3. The summed E-state index contributed by atoms with van der Waals surface area (Å²) < 4.78 is 27.0. The number of carbonyl (C=O) groups excluding carboxylic acids is 1. The minimum atomic E-state index is -1.10. The average molecular weight is 324 g/mol. The molecule has 0 bridgehead atoms. The highest BCUT2D eigenvalue weighted by Gasteiger charge is 2.31. The fourth-order valence-corrected chi connectivity index (χ4v) is 3.09. The number of amides is 1. The number of benzene rings is 1. The van der Waals surface area contributed by atoms with E-state index in [9.17, 15) is 18.7 Å². The average Bonchev–Trinajstić information content (AvgIpc) is 3.34. The van der Waals surface area contributed by atoms with Crippen LogP contribution in [0.1, 0.15) is 37.4 Å². The number of aliphatic hydroxyl groups is 1. The van der Waals surface area contributed by atoms with Crippen molar-refractivity contribution >= 4 is 5.91 Å². The van der Waals surface area contributed by atoms with Gasteiger partial charge in [-0.05, 0) is 50.4 Å². The molecule has 0 unspecified atom stereocenters. The number of halogens is 2. The van der Waals surface area contributed by atoms with E-state index in [0.29, 0.717) is 12.6 Å². The molecule has 2 atom stereocenters. The summed E-state index contributed by atoms with van der Waals surface area (Å²) in [7, 11) is 0. The lowest BCUT2D eigenvalue weighted by molar-refractivity contribution is -0.127. The minimum absolute atomic E-state index is 0.0328. The number of hydrogen-bond donors (Lipinski definition) is 2. The minimum Gasteiger partial charge on any atom is -0.387 e. The van der Waals surface area contributed by atoms with Crippen LogP contribution in [0.3, 0.4) is 0 Å². The first-order chi connectivity index (χ1) is 11.0. The van der Waals surface area contributed by atoms with Gasteiger partial charge in [0.1, 0.15) is 11.6 Å². The Morgan fingerprint density at radius 2 is 2.13 bits per heavy atom. The van der Waals surface area contributed by atoms with E-state index in [2.05, 4.69) is 5.32 Å². The van der Waals surface area contributed by atoms with Gasteiger partial charge < -0.3 is 10.4 Å². The van der Waals surface area contributed by atoms with Crippen LogP contribution in [0.4, 0.5) is 8.78 Å². The van der Waals surface area contributed by atoms with Crippen LogP contribution >= 0.6 is 0 Å². The van der Waals surface area contributed by atoms with E-state index >= 15 is 0 Å². The maximum atomic E-state index is 13.7. The van der Waals surface area contributed by atoms with Crippen molar-refractivity contribution in [2.75, 3.05) is 19.6 Å². The Bertz CT molecular complexity index is 578. The van der Waals surface area contributed by atoms with Crippen LogP contribution in [0.2, 0.25) is 0 Å². The maximum Gasteiger partial charge on any atom is 0.224 e. The molecule has 2 aliphatic rings. The quantitative estimate of drug-likeness (QED) is 0.871. The van der Waals surface area contributed by atoms with Gasteiger partial charge in [-0.25, -0.2) is 8.78 Å². The SMILES string of the molecule is O=C(NC1CC1)[C@H]1CCCN(C[C@H](O)c2cc(F)ccc2F)C1. The van der Waals surface area contributed by atoms with Crippen molar-refractivity contribution in [1.82, 2.24) is 10.2 Å². The highest BCUT2D eigenvalue weighted by Crippen LogP contribution is 2.24. The lowest BCUT2D eigenvalue weighted by atomic mass is 9.96. The number of β-amino-alcohol motifs (C(OH)–C–C–N with tert-alkyl or cyclic N) is 1. The first-order valence-electron chi connectivity index (χ1n) is 8.18. The number of nitrogens with zero attached hydrogens (tertiary/aromatic N) is 1. The number of piperidine rings is 1. The predicted molar refractivity (Wildman–Crippen MR) is 81.6 cm³/mol. The third-order valence-corrected chi connectivity index (χ3v) is 4.55. The maximum absolute atomic E-state index is 13.7. The van der Waals surface area contributed by atoms with Crippen LogP contribution in [0.25, 0.3) is 0 Å². The third-order valence-electron chi connectivity index (χ3n) is 4.55. The zero-order valence-corrected chi connectivity index (χ0v) is 13.0. The topological polar surface area (TPSA) is 52.6 Å². The molecule has 1 saturated carbocycles. The van der Waals surface area contributed by atoms with E-state index in [1.807, 2.05) is 4.90 Å². The summed E-state index contributed by atoms with van der Waals surface area (Å²) in [6, 6.07) is 3.42. The van der Waals surface area contributed by atoms with Crippen molar-refractivity contribution < 1.29 is 18.7 Å². The van der Waals surface area contributed by atoms with Crippen molar-refractivity contribution in [3.8, 4) is 0 Å². The summed E-state index contributed by atoms with van der Waals surface area (Å²) >= 11 is 0. The van der Waals surface area contributed by atoms with Crippen molar-refractivity contribution in [2.45, 2.75) is 37.8 Å². The standard InChI is InChI=1S/C17H22F2N2O2/c18-12-3-6-15(19)14(8-12)16(22)10-21-7-1-2-11(9-21)17(23)20-13-4-5-13/h3,6,8,11,13,16,22H,1-2,4-5,7,9-10H2,(H,20,23)/t11-,16-/m0/s1. The molecule has 0 aromatic heterocycles. The predicted octanol–water partition coefficient (Wildman–Crippen LogP) is 1.99. The van der Waals surface area contributed by atoms with Crippen molar-refractivity contribution in [3.63, 3.8) is 0 Å². The number of rotatable bonds is 5. The molecule has 0 spiro atoms. The number of carbonyl (C=O) groups is 1. The molecule has 3 rings (SSSR count). The van der Waals surface area contributed by atoms with E-state index < -0.39 is 17.7 Å². The Morgan fingerprint density at radius 1 is 1.35 bits per heavy atom. The second kappa shape index (κ2) is 6.93.